The molecule has 1 amide bonds. The molecule has 4 nitrogen and oxygen atoms in total. The summed E-state index contributed by atoms with van der Waals surface area (Å²) in [7, 11) is 0. The van der Waals surface area contributed by atoms with Crippen molar-refractivity contribution in [3.63, 3.8) is 0 Å². The van der Waals surface area contributed by atoms with Crippen molar-refractivity contribution in [2.24, 2.45) is 0 Å². The molecule has 2 aromatic rings. The Kier molecular flexibility index (Phi) is 5.34. The fourth-order valence-electron chi connectivity index (χ4n) is 3.53. The predicted molar refractivity (Wildman–Crippen MR) is 97.3 cm³/mol. The van der Waals surface area contributed by atoms with Crippen LogP contribution < -0.4 is 10.9 Å². The number of benzene rings is 1. The smallest absolute Gasteiger partial charge is 0.251 e. The molecule has 128 valence electrons. The third-order valence-corrected chi connectivity index (χ3v) is 4.92. The first-order chi connectivity index (χ1) is 11.6. The third-order valence-electron chi connectivity index (χ3n) is 4.92. The number of hydrogen-bond acceptors (Lipinski definition) is 2. The lowest BCUT2D eigenvalue weighted by atomic mass is 10.1. The summed E-state index contributed by atoms with van der Waals surface area (Å²) in [5.41, 5.74) is 2.60. The molecular weight excluding hydrogens is 300 g/mol. The Morgan fingerprint density at radius 2 is 1.92 bits per heavy atom. The van der Waals surface area contributed by atoms with Gasteiger partial charge in [-0.25, -0.2) is 0 Å². The molecule has 1 aliphatic rings. The van der Waals surface area contributed by atoms with Crippen LogP contribution in [0, 0.1) is 6.92 Å². The van der Waals surface area contributed by atoms with Crippen molar-refractivity contribution in [2.45, 2.75) is 64.3 Å². The Bertz CT molecular complexity index is 771. The summed E-state index contributed by atoms with van der Waals surface area (Å²) >= 11 is 0. The van der Waals surface area contributed by atoms with Gasteiger partial charge in [-0.1, -0.05) is 37.3 Å². The molecule has 1 fully saturated rings. The molecule has 1 aromatic heterocycles. The number of aromatic nitrogens is 1. The molecule has 0 aliphatic heterocycles. The van der Waals surface area contributed by atoms with Crippen molar-refractivity contribution in [3.8, 4) is 0 Å². The molecule has 24 heavy (non-hydrogen) atoms. The maximum Gasteiger partial charge on any atom is 0.251 e. The number of H-pyrrole nitrogens is 1. The molecule has 0 atom stereocenters. The van der Waals surface area contributed by atoms with Crippen molar-refractivity contribution >= 4 is 16.8 Å². The van der Waals surface area contributed by atoms with Gasteiger partial charge in [0, 0.05) is 23.5 Å². The number of amides is 1. The van der Waals surface area contributed by atoms with Crippen LogP contribution in [0.3, 0.4) is 0 Å². The number of pyridine rings is 1. The molecule has 0 spiro atoms. The first kappa shape index (κ1) is 16.7. The molecule has 0 bridgehead atoms. The fraction of sp³-hybridized carbons (Fsp3) is 0.500. The zero-order chi connectivity index (χ0) is 16.9. The second-order valence-corrected chi connectivity index (χ2v) is 6.97. The number of aromatic amines is 1. The zero-order valence-corrected chi connectivity index (χ0v) is 14.4. The minimum absolute atomic E-state index is 0.0608. The van der Waals surface area contributed by atoms with Crippen molar-refractivity contribution in [1.82, 2.24) is 10.3 Å². The Hall–Kier alpha value is -2.10. The first-order valence-electron chi connectivity index (χ1n) is 9.04. The zero-order valence-electron chi connectivity index (χ0n) is 14.4. The molecule has 0 unspecified atom stereocenters. The summed E-state index contributed by atoms with van der Waals surface area (Å²) in [6.07, 6.45) is 7.98. The number of nitrogens with one attached hydrogen (secondary N) is 2. The largest absolute Gasteiger partial charge is 0.353 e. The van der Waals surface area contributed by atoms with E-state index in [0.717, 1.165) is 29.3 Å². The van der Waals surface area contributed by atoms with Crippen molar-refractivity contribution < 1.29 is 4.79 Å². The molecule has 2 N–H and O–H groups in total. The monoisotopic (exact) mass is 326 g/mol. The van der Waals surface area contributed by atoms with E-state index in [0.29, 0.717) is 24.4 Å². The molecule has 1 aromatic carbocycles. The van der Waals surface area contributed by atoms with Crippen molar-refractivity contribution in [1.29, 1.82) is 0 Å². The van der Waals surface area contributed by atoms with E-state index in [1.807, 2.05) is 25.1 Å². The van der Waals surface area contributed by atoms with Gasteiger partial charge in [-0.2, -0.15) is 0 Å². The Labute approximate surface area is 142 Å². The molecule has 4 heteroatoms. The van der Waals surface area contributed by atoms with E-state index in [1.54, 1.807) is 0 Å². The maximum atomic E-state index is 12.2. The highest BCUT2D eigenvalue weighted by Gasteiger charge is 2.15. The van der Waals surface area contributed by atoms with Gasteiger partial charge < -0.3 is 10.3 Å². The van der Waals surface area contributed by atoms with E-state index in [1.165, 1.54) is 25.7 Å². The second kappa shape index (κ2) is 7.65. The lowest BCUT2D eigenvalue weighted by molar-refractivity contribution is -0.121. The van der Waals surface area contributed by atoms with Crippen LogP contribution in [0.15, 0.2) is 29.1 Å². The van der Waals surface area contributed by atoms with Crippen LogP contribution in [0.1, 0.15) is 56.1 Å². The number of carbonyl (C=O) groups is 1. The van der Waals surface area contributed by atoms with Gasteiger partial charge in [0.05, 0.1) is 0 Å². The number of rotatable bonds is 4. The van der Waals surface area contributed by atoms with Gasteiger partial charge in [0.2, 0.25) is 5.91 Å². The number of hydrogen-bond donors (Lipinski definition) is 2. The SMILES string of the molecule is Cc1ccc2[nH]c(=O)c(CCC(=O)NC3CCCCCC3)cc2c1. The molecule has 1 saturated carbocycles. The summed E-state index contributed by atoms with van der Waals surface area (Å²) in [6.45, 7) is 2.03. The fourth-order valence-corrected chi connectivity index (χ4v) is 3.53. The highest BCUT2D eigenvalue weighted by atomic mass is 16.1. The van der Waals surface area contributed by atoms with Gasteiger partial charge in [0.15, 0.2) is 0 Å². The lowest BCUT2D eigenvalue weighted by Crippen LogP contribution is -2.34. The minimum atomic E-state index is -0.0892. The summed E-state index contributed by atoms with van der Waals surface area (Å²) < 4.78 is 0. The van der Waals surface area contributed by atoms with Crippen LogP contribution in [0.2, 0.25) is 0 Å². The van der Waals surface area contributed by atoms with E-state index in [9.17, 15) is 9.59 Å². The summed E-state index contributed by atoms with van der Waals surface area (Å²) in [4.78, 5) is 27.3. The second-order valence-electron chi connectivity index (χ2n) is 6.97. The van der Waals surface area contributed by atoms with Crippen molar-refractivity contribution in [2.75, 3.05) is 0 Å². The molecular formula is C20H26N2O2. The van der Waals surface area contributed by atoms with E-state index < -0.39 is 0 Å². The van der Waals surface area contributed by atoms with Crippen LogP contribution in [0.5, 0.6) is 0 Å². The summed E-state index contributed by atoms with van der Waals surface area (Å²) in [5, 5.41) is 4.17. The Morgan fingerprint density at radius 3 is 2.67 bits per heavy atom. The van der Waals surface area contributed by atoms with Gasteiger partial charge in [0.25, 0.3) is 5.56 Å². The predicted octanol–water partition coefficient (Wildman–Crippen LogP) is 3.61. The van der Waals surface area contributed by atoms with Crippen LogP contribution >= 0.6 is 0 Å². The highest BCUT2D eigenvalue weighted by Crippen LogP contribution is 2.17. The lowest BCUT2D eigenvalue weighted by Gasteiger charge is -2.16. The average molecular weight is 326 g/mol. The normalized spacial score (nSPS) is 16.0. The van der Waals surface area contributed by atoms with Crippen LogP contribution in [0.4, 0.5) is 0 Å². The summed E-state index contributed by atoms with van der Waals surface area (Å²) in [6, 6.07) is 8.20. The topological polar surface area (TPSA) is 62.0 Å². The highest BCUT2D eigenvalue weighted by molar-refractivity contribution is 5.80. The number of fused-ring (bicyclic) bond motifs is 1. The molecule has 0 saturated heterocycles. The van der Waals surface area contributed by atoms with E-state index in [-0.39, 0.29) is 11.5 Å². The van der Waals surface area contributed by atoms with E-state index >= 15 is 0 Å². The van der Waals surface area contributed by atoms with Gasteiger partial charge in [-0.05, 0) is 49.8 Å². The maximum absolute atomic E-state index is 12.2. The van der Waals surface area contributed by atoms with Crippen LogP contribution in [-0.4, -0.2) is 16.9 Å². The third kappa shape index (κ3) is 4.25. The van der Waals surface area contributed by atoms with E-state index in [4.69, 9.17) is 0 Å². The Morgan fingerprint density at radius 1 is 1.17 bits per heavy atom. The van der Waals surface area contributed by atoms with E-state index in [2.05, 4.69) is 16.4 Å². The minimum Gasteiger partial charge on any atom is -0.353 e. The van der Waals surface area contributed by atoms with Gasteiger partial charge in [-0.15, -0.1) is 0 Å². The number of carbonyl (C=O) groups excluding carboxylic acids is 1. The quantitative estimate of drug-likeness (QED) is 0.843. The molecule has 3 rings (SSSR count). The molecule has 1 aliphatic carbocycles. The standard InChI is InChI=1S/C20H26N2O2/c1-14-8-10-18-16(12-14)13-15(20(24)22-18)9-11-19(23)21-17-6-4-2-3-5-7-17/h8,10,12-13,17H,2-7,9,11H2,1H3,(H,21,23)(H,22,24). The Balaban J connectivity index is 1.63. The molecule has 0 radical (unpaired) electrons. The van der Waals surface area contributed by atoms with Gasteiger partial charge in [-0.3, -0.25) is 9.59 Å². The molecule has 1 heterocycles. The van der Waals surface area contributed by atoms with Crippen LogP contribution in [0.25, 0.3) is 10.9 Å². The summed E-state index contributed by atoms with van der Waals surface area (Å²) in [5.74, 6) is 0.0608. The van der Waals surface area contributed by atoms with Crippen LogP contribution in [-0.2, 0) is 11.2 Å². The van der Waals surface area contributed by atoms with Crippen molar-refractivity contribution in [3.05, 3.63) is 45.7 Å². The van der Waals surface area contributed by atoms with Gasteiger partial charge in [0.1, 0.15) is 0 Å². The van der Waals surface area contributed by atoms with Gasteiger partial charge >= 0.3 is 0 Å². The number of aryl methyl sites for hydroxylation is 2. The first-order valence-corrected chi connectivity index (χ1v) is 9.04. The average Bonchev–Trinajstić information content (AvgIpc) is 2.82.